The maximum atomic E-state index is 13.2. The van der Waals surface area contributed by atoms with E-state index >= 15 is 0 Å². The molecule has 0 fully saturated rings. The molecule has 0 spiro atoms. The van der Waals surface area contributed by atoms with E-state index in [-0.39, 0.29) is 23.3 Å². The molecule has 8 heteroatoms. The van der Waals surface area contributed by atoms with Gasteiger partial charge in [-0.1, -0.05) is 56.3 Å². The lowest BCUT2D eigenvalue weighted by molar-refractivity contribution is -0.119. The Morgan fingerprint density at radius 3 is 2.28 bits per heavy atom. The summed E-state index contributed by atoms with van der Waals surface area (Å²) >= 11 is 0. The second kappa shape index (κ2) is 10.00. The minimum atomic E-state index is -0.860. The van der Waals surface area contributed by atoms with Crippen molar-refractivity contribution in [1.82, 2.24) is 15.5 Å². The molecule has 166 valence electrons. The number of primary amides is 1. The summed E-state index contributed by atoms with van der Waals surface area (Å²) in [5, 5.41) is 13.8. The number of carbonyl (C=O) groups is 2. The fourth-order valence-electron chi connectivity index (χ4n) is 3.17. The first kappa shape index (κ1) is 22.9. The van der Waals surface area contributed by atoms with Crippen LogP contribution in [-0.2, 0) is 16.6 Å². The standard InChI is InChI=1S/C24H26FN5O2/c1-24(2,17-8-10-18(25)11-9-17)15-27-21-13-12-19(29-30-21)23(32)28-20(22(26)31)14-16-6-4-3-5-7-16/h3-13,20H,14-15H2,1-2H3,(H2,26,31)(H,27,30)(H,28,32). The Labute approximate surface area is 186 Å². The van der Waals surface area contributed by atoms with Crippen molar-refractivity contribution in [1.29, 1.82) is 0 Å². The monoisotopic (exact) mass is 435 g/mol. The first-order chi connectivity index (χ1) is 15.2. The van der Waals surface area contributed by atoms with Gasteiger partial charge in [0.15, 0.2) is 5.69 Å². The van der Waals surface area contributed by atoms with Gasteiger partial charge in [0.2, 0.25) is 5.91 Å². The predicted octanol–water partition coefficient (Wildman–Crippen LogP) is 2.83. The maximum Gasteiger partial charge on any atom is 0.272 e. The summed E-state index contributed by atoms with van der Waals surface area (Å²) in [4.78, 5) is 24.3. The zero-order chi connectivity index (χ0) is 23.1. The number of nitrogens with one attached hydrogen (secondary N) is 2. The van der Waals surface area contributed by atoms with Crippen molar-refractivity contribution in [2.24, 2.45) is 5.73 Å². The van der Waals surface area contributed by atoms with Crippen LogP contribution in [0.2, 0.25) is 0 Å². The van der Waals surface area contributed by atoms with Gasteiger partial charge in [-0.2, -0.15) is 0 Å². The first-order valence-corrected chi connectivity index (χ1v) is 10.2. The number of nitrogens with two attached hydrogens (primary N) is 1. The summed E-state index contributed by atoms with van der Waals surface area (Å²) in [5.41, 5.74) is 7.11. The molecule has 0 saturated heterocycles. The van der Waals surface area contributed by atoms with Gasteiger partial charge in [0, 0.05) is 18.4 Å². The van der Waals surface area contributed by atoms with E-state index in [0.29, 0.717) is 12.4 Å². The lowest BCUT2D eigenvalue weighted by Gasteiger charge is -2.25. The third-order valence-corrected chi connectivity index (χ3v) is 5.17. The molecule has 3 rings (SSSR count). The number of aromatic nitrogens is 2. The molecule has 0 saturated carbocycles. The van der Waals surface area contributed by atoms with Crippen LogP contribution in [0.15, 0.2) is 66.7 Å². The smallest absolute Gasteiger partial charge is 0.272 e. The summed E-state index contributed by atoms with van der Waals surface area (Å²) in [6.07, 6.45) is 0.285. The third-order valence-electron chi connectivity index (χ3n) is 5.17. The average Bonchev–Trinajstić information content (AvgIpc) is 2.78. The van der Waals surface area contributed by atoms with Gasteiger partial charge in [-0.05, 0) is 35.4 Å². The highest BCUT2D eigenvalue weighted by Gasteiger charge is 2.22. The van der Waals surface area contributed by atoms with Crippen LogP contribution in [0.4, 0.5) is 10.2 Å². The number of amides is 2. The molecular weight excluding hydrogens is 409 g/mol. The summed E-state index contributed by atoms with van der Waals surface area (Å²) in [6.45, 7) is 4.58. The summed E-state index contributed by atoms with van der Waals surface area (Å²) in [5.74, 6) is -0.945. The molecule has 1 heterocycles. The number of benzene rings is 2. The van der Waals surface area contributed by atoms with Gasteiger partial charge in [-0.25, -0.2) is 4.39 Å². The number of anilines is 1. The van der Waals surface area contributed by atoms with E-state index in [1.54, 1.807) is 18.2 Å². The highest BCUT2D eigenvalue weighted by Crippen LogP contribution is 2.23. The molecule has 0 radical (unpaired) electrons. The summed E-state index contributed by atoms with van der Waals surface area (Å²) in [6, 6.07) is 18.0. The minimum absolute atomic E-state index is 0.0765. The fraction of sp³-hybridized carbons (Fsp3) is 0.250. The third kappa shape index (κ3) is 6.10. The molecular formula is C24H26FN5O2. The number of carbonyl (C=O) groups excluding carboxylic acids is 2. The number of rotatable bonds is 9. The number of nitrogens with zero attached hydrogens (tertiary/aromatic N) is 2. The van der Waals surface area contributed by atoms with Crippen LogP contribution < -0.4 is 16.4 Å². The van der Waals surface area contributed by atoms with Crippen molar-refractivity contribution < 1.29 is 14.0 Å². The normalized spacial score (nSPS) is 12.1. The number of hydrogen-bond donors (Lipinski definition) is 3. The van der Waals surface area contributed by atoms with Crippen LogP contribution in [0.25, 0.3) is 0 Å². The van der Waals surface area contributed by atoms with E-state index in [2.05, 4.69) is 20.8 Å². The molecule has 3 aromatic rings. The van der Waals surface area contributed by atoms with Gasteiger partial charge >= 0.3 is 0 Å². The van der Waals surface area contributed by atoms with Crippen LogP contribution in [0, 0.1) is 5.82 Å². The van der Waals surface area contributed by atoms with Gasteiger partial charge in [-0.15, -0.1) is 10.2 Å². The Bertz CT molecular complexity index is 1050. The second-order valence-corrected chi connectivity index (χ2v) is 8.17. The fourth-order valence-corrected chi connectivity index (χ4v) is 3.17. The van der Waals surface area contributed by atoms with Gasteiger partial charge < -0.3 is 16.4 Å². The Morgan fingerprint density at radius 2 is 1.69 bits per heavy atom. The van der Waals surface area contributed by atoms with Crippen molar-refractivity contribution in [2.45, 2.75) is 31.7 Å². The van der Waals surface area contributed by atoms with E-state index in [9.17, 15) is 14.0 Å². The summed E-state index contributed by atoms with van der Waals surface area (Å²) < 4.78 is 13.2. The number of hydrogen-bond acceptors (Lipinski definition) is 5. The van der Waals surface area contributed by atoms with E-state index < -0.39 is 17.9 Å². The zero-order valence-corrected chi connectivity index (χ0v) is 18.0. The molecule has 0 aliphatic heterocycles. The molecule has 1 aromatic heterocycles. The molecule has 32 heavy (non-hydrogen) atoms. The van der Waals surface area contributed by atoms with Crippen molar-refractivity contribution in [3.8, 4) is 0 Å². The van der Waals surface area contributed by atoms with Gasteiger partial charge in [0.05, 0.1) is 0 Å². The van der Waals surface area contributed by atoms with Gasteiger partial charge in [0.1, 0.15) is 17.7 Å². The molecule has 1 unspecified atom stereocenters. The van der Waals surface area contributed by atoms with Crippen molar-refractivity contribution >= 4 is 17.6 Å². The Hall–Kier alpha value is -3.81. The molecule has 1 atom stereocenters. The molecule has 0 aliphatic rings. The number of halogens is 1. The lowest BCUT2D eigenvalue weighted by atomic mass is 9.84. The van der Waals surface area contributed by atoms with Crippen LogP contribution in [0.3, 0.4) is 0 Å². The highest BCUT2D eigenvalue weighted by atomic mass is 19.1. The van der Waals surface area contributed by atoms with Crippen molar-refractivity contribution in [3.63, 3.8) is 0 Å². The van der Waals surface area contributed by atoms with E-state index in [1.807, 2.05) is 44.2 Å². The summed E-state index contributed by atoms with van der Waals surface area (Å²) in [7, 11) is 0. The Morgan fingerprint density at radius 1 is 1.00 bits per heavy atom. The Kier molecular flexibility index (Phi) is 7.14. The average molecular weight is 436 g/mol. The Balaban J connectivity index is 1.59. The van der Waals surface area contributed by atoms with E-state index in [1.165, 1.54) is 18.2 Å². The molecule has 0 bridgehead atoms. The molecule has 0 aliphatic carbocycles. The highest BCUT2D eigenvalue weighted by molar-refractivity contribution is 5.95. The van der Waals surface area contributed by atoms with E-state index in [4.69, 9.17) is 5.73 Å². The second-order valence-electron chi connectivity index (χ2n) is 8.17. The quantitative estimate of drug-likeness (QED) is 0.479. The topological polar surface area (TPSA) is 110 Å². The molecule has 2 amide bonds. The van der Waals surface area contributed by atoms with Crippen LogP contribution in [0.1, 0.15) is 35.5 Å². The largest absolute Gasteiger partial charge is 0.368 e. The van der Waals surface area contributed by atoms with Crippen molar-refractivity contribution in [2.75, 3.05) is 11.9 Å². The maximum absolute atomic E-state index is 13.2. The van der Waals surface area contributed by atoms with Crippen LogP contribution in [0.5, 0.6) is 0 Å². The van der Waals surface area contributed by atoms with E-state index in [0.717, 1.165) is 11.1 Å². The van der Waals surface area contributed by atoms with Gasteiger partial charge in [0.25, 0.3) is 5.91 Å². The van der Waals surface area contributed by atoms with Gasteiger partial charge in [-0.3, -0.25) is 9.59 Å². The van der Waals surface area contributed by atoms with Crippen LogP contribution in [-0.4, -0.2) is 34.6 Å². The zero-order valence-electron chi connectivity index (χ0n) is 18.0. The molecule has 2 aromatic carbocycles. The molecule has 7 nitrogen and oxygen atoms in total. The SMILES string of the molecule is CC(C)(CNc1ccc(C(=O)NC(Cc2ccccc2)C(N)=O)nn1)c1ccc(F)cc1. The first-order valence-electron chi connectivity index (χ1n) is 10.2. The predicted molar refractivity (Wildman–Crippen MR) is 121 cm³/mol. The lowest BCUT2D eigenvalue weighted by Crippen LogP contribution is -2.46. The minimum Gasteiger partial charge on any atom is -0.368 e. The molecule has 4 N–H and O–H groups in total. The van der Waals surface area contributed by atoms with Crippen LogP contribution >= 0.6 is 0 Å². The van der Waals surface area contributed by atoms with Crippen molar-refractivity contribution in [3.05, 3.63) is 89.4 Å².